The summed E-state index contributed by atoms with van der Waals surface area (Å²) in [4.78, 5) is 39.6. The average molecular weight is 410 g/mol. The molecule has 144 valence electrons. The molecule has 0 bridgehead atoms. The number of anilines is 1. The summed E-state index contributed by atoms with van der Waals surface area (Å²) in [5.74, 6) is -1.19. The number of aromatic nitrogens is 3. The molecular weight excluding hydrogens is 392 g/mol. The maximum atomic E-state index is 12.3. The van der Waals surface area contributed by atoms with Gasteiger partial charge in [-0.25, -0.2) is 9.78 Å². The van der Waals surface area contributed by atoms with Gasteiger partial charge in [-0.05, 0) is 32.9 Å². The van der Waals surface area contributed by atoms with Crippen LogP contribution in [-0.4, -0.2) is 52.0 Å². The summed E-state index contributed by atoms with van der Waals surface area (Å²) < 4.78 is 10.3. The highest BCUT2D eigenvalue weighted by atomic mass is 32.2. The van der Waals surface area contributed by atoms with Gasteiger partial charge in [0.25, 0.3) is 5.91 Å². The SMILES string of the molecule is CCOC(=O)CSc1nnc(NC(=O)c2ccc(C(=O)OCC)c(C)n2)s1. The van der Waals surface area contributed by atoms with Crippen LogP contribution in [0.2, 0.25) is 0 Å². The van der Waals surface area contributed by atoms with Gasteiger partial charge >= 0.3 is 11.9 Å². The van der Waals surface area contributed by atoms with Gasteiger partial charge in [-0.15, -0.1) is 10.2 Å². The van der Waals surface area contributed by atoms with Crippen LogP contribution in [0.4, 0.5) is 5.13 Å². The second-order valence-electron chi connectivity index (χ2n) is 4.97. The molecule has 1 amide bonds. The number of aryl methyl sites for hydroxylation is 1. The molecule has 0 aliphatic carbocycles. The number of carbonyl (C=O) groups excluding carboxylic acids is 3. The minimum atomic E-state index is -0.484. The Hall–Kier alpha value is -2.53. The summed E-state index contributed by atoms with van der Waals surface area (Å²) in [6.45, 7) is 5.64. The lowest BCUT2D eigenvalue weighted by atomic mass is 10.2. The minimum absolute atomic E-state index is 0.118. The number of pyridine rings is 1. The second kappa shape index (κ2) is 9.97. The Balaban J connectivity index is 1.98. The molecule has 2 aromatic rings. The van der Waals surface area contributed by atoms with Gasteiger partial charge in [0.1, 0.15) is 5.69 Å². The summed E-state index contributed by atoms with van der Waals surface area (Å²) in [6, 6.07) is 2.93. The summed E-state index contributed by atoms with van der Waals surface area (Å²) in [5.41, 5.74) is 0.836. The third-order valence-electron chi connectivity index (χ3n) is 3.06. The zero-order chi connectivity index (χ0) is 19.8. The monoisotopic (exact) mass is 410 g/mol. The molecule has 0 saturated carbocycles. The summed E-state index contributed by atoms with van der Waals surface area (Å²) in [6.07, 6.45) is 0. The molecule has 0 unspecified atom stereocenters. The number of amides is 1. The van der Waals surface area contributed by atoms with Crippen molar-refractivity contribution in [2.24, 2.45) is 0 Å². The number of thioether (sulfide) groups is 1. The fraction of sp³-hybridized carbons (Fsp3) is 0.375. The molecule has 9 nitrogen and oxygen atoms in total. The van der Waals surface area contributed by atoms with Gasteiger partial charge in [0.05, 0.1) is 30.2 Å². The van der Waals surface area contributed by atoms with Crippen LogP contribution >= 0.6 is 23.1 Å². The smallest absolute Gasteiger partial charge is 0.339 e. The fourth-order valence-corrected chi connectivity index (χ4v) is 3.46. The molecule has 0 saturated heterocycles. The summed E-state index contributed by atoms with van der Waals surface area (Å²) >= 11 is 2.31. The number of hydrogen-bond acceptors (Lipinski definition) is 10. The predicted molar refractivity (Wildman–Crippen MR) is 100 cm³/mol. The van der Waals surface area contributed by atoms with E-state index in [0.717, 1.165) is 11.3 Å². The first-order chi connectivity index (χ1) is 12.9. The van der Waals surface area contributed by atoms with E-state index in [9.17, 15) is 14.4 Å². The van der Waals surface area contributed by atoms with Crippen LogP contribution in [-0.2, 0) is 14.3 Å². The normalized spacial score (nSPS) is 10.3. The Morgan fingerprint density at radius 2 is 1.89 bits per heavy atom. The van der Waals surface area contributed by atoms with Crippen molar-refractivity contribution in [3.05, 3.63) is 29.1 Å². The zero-order valence-corrected chi connectivity index (χ0v) is 16.6. The molecule has 0 fully saturated rings. The van der Waals surface area contributed by atoms with E-state index in [-0.39, 0.29) is 29.2 Å². The standard InChI is InChI=1S/C16H18N4O5S2/c1-4-24-12(21)8-26-16-20-19-15(27-16)18-13(22)11-7-6-10(9(3)17-11)14(23)25-5-2/h6-7H,4-5,8H2,1-3H3,(H,18,19,22). The van der Waals surface area contributed by atoms with Crippen LogP contribution in [0.25, 0.3) is 0 Å². The van der Waals surface area contributed by atoms with Gasteiger partial charge in [0, 0.05) is 0 Å². The highest BCUT2D eigenvalue weighted by molar-refractivity contribution is 8.01. The molecule has 0 aromatic carbocycles. The van der Waals surface area contributed by atoms with Gasteiger partial charge in [-0.2, -0.15) is 0 Å². The van der Waals surface area contributed by atoms with E-state index in [1.165, 1.54) is 23.9 Å². The van der Waals surface area contributed by atoms with Crippen LogP contribution in [0, 0.1) is 6.92 Å². The lowest BCUT2D eigenvalue weighted by molar-refractivity contribution is -0.139. The van der Waals surface area contributed by atoms with Crippen molar-refractivity contribution < 1.29 is 23.9 Å². The first-order valence-corrected chi connectivity index (χ1v) is 9.82. The Labute approximate surface area is 163 Å². The zero-order valence-electron chi connectivity index (χ0n) is 15.0. The molecule has 0 atom stereocenters. The molecule has 2 heterocycles. The van der Waals surface area contributed by atoms with E-state index in [1.807, 2.05) is 0 Å². The van der Waals surface area contributed by atoms with Gasteiger partial charge in [0.2, 0.25) is 5.13 Å². The predicted octanol–water partition coefficient (Wildman–Crippen LogP) is 2.33. The average Bonchev–Trinajstić information content (AvgIpc) is 3.07. The van der Waals surface area contributed by atoms with E-state index in [4.69, 9.17) is 9.47 Å². The van der Waals surface area contributed by atoms with Gasteiger partial charge < -0.3 is 9.47 Å². The molecule has 1 N–H and O–H groups in total. The fourth-order valence-electron chi connectivity index (χ4n) is 1.92. The van der Waals surface area contributed by atoms with Gasteiger partial charge in [0.15, 0.2) is 4.34 Å². The van der Waals surface area contributed by atoms with Crippen molar-refractivity contribution in [2.75, 3.05) is 24.3 Å². The molecule has 2 rings (SSSR count). The highest BCUT2D eigenvalue weighted by Gasteiger charge is 2.16. The number of hydrogen-bond donors (Lipinski definition) is 1. The topological polar surface area (TPSA) is 120 Å². The third kappa shape index (κ3) is 6.00. The lowest BCUT2D eigenvalue weighted by Crippen LogP contribution is -2.16. The van der Waals surface area contributed by atoms with Crippen molar-refractivity contribution in [2.45, 2.75) is 25.1 Å². The van der Waals surface area contributed by atoms with E-state index in [0.29, 0.717) is 22.2 Å². The number of rotatable bonds is 8. The van der Waals surface area contributed by atoms with Crippen molar-refractivity contribution in [3.63, 3.8) is 0 Å². The number of nitrogens with one attached hydrogen (secondary N) is 1. The van der Waals surface area contributed by atoms with Crippen molar-refractivity contribution in [1.29, 1.82) is 0 Å². The summed E-state index contributed by atoms with van der Waals surface area (Å²) in [7, 11) is 0. The molecule has 2 aromatic heterocycles. The van der Waals surface area contributed by atoms with E-state index >= 15 is 0 Å². The summed E-state index contributed by atoms with van der Waals surface area (Å²) in [5, 5.41) is 10.6. The Bertz CT molecular complexity index is 840. The van der Waals surface area contributed by atoms with Gasteiger partial charge in [-0.3, -0.25) is 14.9 Å². The van der Waals surface area contributed by atoms with Gasteiger partial charge in [-0.1, -0.05) is 23.1 Å². The quantitative estimate of drug-likeness (QED) is 0.397. The second-order valence-corrected chi connectivity index (χ2v) is 7.17. The van der Waals surface area contributed by atoms with Crippen LogP contribution < -0.4 is 5.32 Å². The van der Waals surface area contributed by atoms with Crippen molar-refractivity contribution in [3.8, 4) is 0 Å². The molecule has 0 aliphatic rings. The molecular formula is C16H18N4O5S2. The van der Waals surface area contributed by atoms with Crippen molar-refractivity contribution in [1.82, 2.24) is 15.2 Å². The van der Waals surface area contributed by atoms with Crippen LogP contribution in [0.1, 0.15) is 40.4 Å². The number of nitrogens with zero attached hydrogens (tertiary/aromatic N) is 3. The maximum Gasteiger partial charge on any atom is 0.339 e. The Kier molecular flexibility index (Phi) is 7.67. The van der Waals surface area contributed by atoms with Crippen LogP contribution in [0.5, 0.6) is 0 Å². The number of carbonyl (C=O) groups is 3. The molecule has 0 aliphatic heterocycles. The largest absolute Gasteiger partial charge is 0.465 e. The van der Waals surface area contributed by atoms with Crippen LogP contribution in [0.3, 0.4) is 0 Å². The third-order valence-corrected chi connectivity index (χ3v) is 5.01. The molecule has 27 heavy (non-hydrogen) atoms. The first kappa shape index (κ1) is 20.8. The maximum absolute atomic E-state index is 12.3. The van der Waals surface area contributed by atoms with E-state index in [2.05, 4.69) is 20.5 Å². The Morgan fingerprint density at radius 3 is 2.56 bits per heavy atom. The highest BCUT2D eigenvalue weighted by Crippen LogP contribution is 2.25. The van der Waals surface area contributed by atoms with E-state index in [1.54, 1.807) is 20.8 Å². The molecule has 11 heteroatoms. The number of ether oxygens (including phenoxy) is 2. The minimum Gasteiger partial charge on any atom is -0.465 e. The van der Waals surface area contributed by atoms with E-state index < -0.39 is 11.9 Å². The first-order valence-electron chi connectivity index (χ1n) is 8.02. The Morgan fingerprint density at radius 1 is 1.15 bits per heavy atom. The molecule has 0 radical (unpaired) electrons. The lowest BCUT2D eigenvalue weighted by Gasteiger charge is -2.06. The van der Waals surface area contributed by atoms with Crippen LogP contribution in [0.15, 0.2) is 16.5 Å². The molecule has 0 spiro atoms. The van der Waals surface area contributed by atoms with Crippen molar-refractivity contribution >= 4 is 46.1 Å². The number of esters is 2.